The lowest BCUT2D eigenvalue weighted by atomic mass is 10.2. The first-order valence-corrected chi connectivity index (χ1v) is 8.17. The Hall–Kier alpha value is -1.91. The zero-order valence-corrected chi connectivity index (χ0v) is 13.3. The molecule has 2 aromatic carbocycles. The van der Waals surface area contributed by atoms with Crippen LogP contribution in [-0.2, 0) is 6.54 Å². The number of halogens is 1. The lowest BCUT2D eigenvalue weighted by Crippen LogP contribution is -2.47. The van der Waals surface area contributed by atoms with Crippen LogP contribution in [0.25, 0.3) is 0 Å². The number of hydrogen-bond acceptors (Lipinski definition) is 3. The maximum atomic E-state index is 13.5. The van der Waals surface area contributed by atoms with Gasteiger partial charge >= 0.3 is 0 Å². The third-order valence-electron chi connectivity index (χ3n) is 4.22. The van der Waals surface area contributed by atoms with Crippen LogP contribution in [0.5, 0.6) is 5.75 Å². The van der Waals surface area contributed by atoms with Gasteiger partial charge in [-0.1, -0.05) is 42.5 Å². The van der Waals surface area contributed by atoms with Gasteiger partial charge in [-0.3, -0.25) is 9.80 Å². The molecule has 122 valence electrons. The van der Waals surface area contributed by atoms with Gasteiger partial charge in [-0.05, 0) is 17.7 Å². The fourth-order valence-electron chi connectivity index (χ4n) is 2.86. The molecule has 4 heteroatoms. The van der Waals surface area contributed by atoms with E-state index >= 15 is 0 Å². The Labute approximate surface area is 137 Å². The van der Waals surface area contributed by atoms with Crippen LogP contribution in [0.1, 0.15) is 5.56 Å². The molecule has 1 heterocycles. The van der Waals surface area contributed by atoms with Gasteiger partial charge in [0.2, 0.25) is 0 Å². The second-order valence-electron chi connectivity index (χ2n) is 5.88. The first kappa shape index (κ1) is 16.0. The average molecular weight is 314 g/mol. The van der Waals surface area contributed by atoms with Crippen molar-refractivity contribution in [3.8, 4) is 5.75 Å². The molecule has 0 aliphatic carbocycles. The van der Waals surface area contributed by atoms with Crippen molar-refractivity contribution in [2.45, 2.75) is 6.54 Å². The lowest BCUT2D eigenvalue weighted by molar-refractivity contribution is 0.112. The van der Waals surface area contributed by atoms with Crippen molar-refractivity contribution in [2.75, 3.05) is 39.3 Å². The molecule has 0 N–H and O–H groups in total. The number of rotatable bonds is 6. The highest BCUT2D eigenvalue weighted by atomic mass is 19.1. The minimum atomic E-state index is -0.291. The summed E-state index contributed by atoms with van der Waals surface area (Å²) in [7, 11) is 0. The van der Waals surface area contributed by atoms with E-state index in [1.165, 1.54) is 11.6 Å². The Morgan fingerprint density at radius 2 is 1.48 bits per heavy atom. The van der Waals surface area contributed by atoms with Crippen LogP contribution >= 0.6 is 0 Å². The summed E-state index contributed by atoms with van der Waals surface area (Å²) in [5.74, 6) is 0.0513. The van der Waals surface area contributed by atoms with Gasteiger partial charge < -0.3 is 4.74 Å². The van der Waals surface area contributed by atoms with Gasteiger partial charge in [0.25, 0.3) is 0 Å². The Morgan fingerprint density at radius 3 is 2.22 bits per heavy atom. The van der Waals surface area contributed by atoms with E-state index in [1.807, 2.05) is 0 Å². The van der Waals surface area contributed by atoms with Crippen LogP contribution in [0.4, 0.5) is 4.39 Å². The average Bonchev–Trinajstić information content (AvgIpc) is 2.59. The molecular formula is C19H23FN2O. The van der Waals surface area contributed by atoms with E-state index in [9.17, 15) is 4.39 Å². The number of para-hydroxylation sites is 1. The van der Waals surface area contributed by atoms with Crippen molar-refractivity contribution >= 4 is 0 Å². The van der Waals surface area contributed by atoms with E-state index in [1.54, 1.807) is 18.2 Å². The smallest absolute Gasteiger partial charge is 0.165 e. The van der Waals surface area contributed by atoms with Crippen molar-refractivity contribution in [3.05, 3.63) is 66.0 Å². The number of ether oxygens (including phenoxy) is 1. The number of hydrogen-bond donors (Lipinski definition) is 0. The van der Waals surface area contributed by atoms with Crippen LogP contribution in [0.2, 0.25) is 0 Å². The highest BCUT2D eigenvalue weighted by Crippen LogP contribution is 2.15. The minimum Gasteiger partial charge on any atom is -0.489 e. The van der Waals surface area contributed by atoms with Crippen LogP contribution in [-0.4, -0.2) is 49.1 Å². The van der Waals surface area contributed by atoms with Crippen LogP contribution in [0.3, 0.4) is 0 Å². The Morgan fingerprint density at radius 1 is 0.826 bits per heavy atom. The molecule has 3 nitrogen and oxygen atoms in total. The summed E-state index contributed by atoms with van der Waals surface area (Å²) in [5.41, 5.74) is 1.36. The molecule has 3 rings (SSSR count). The molecule has 23 heavy (non-hydrogen) atoms. The molecule has 0 atom stereocenters. The summed E-state index contributed by atoms with van der Waals surface area (Å²) in [5, 5.41) is 0. The monoisotopic (exact) mass is 314 g/mol. The summed E-state index contributed by atoms with van der Waals surface area (Å²) in [4.78, 5) is 4.85. The minimum absolute atomic E-state index is 0.291. The van der Waals surface area contributed by atoms with E-state index in [0.717, 1.165) is 39.3 Å². The summed E-state index contributed by atoms with van der Waals surface area (Å²) >= 11 is 0. The van der Waals surface area contributed by atoms with Crippen molar-refractivity contribution in [1.82, 2.24) is 9.80 Å². The van der Waals surface area contributed by atoms with E-state index in [-0.39, 0.29) is 5.82 Å². The third-order valence-corrected chi connectivity index (χ3v) is 4.22. The van der Waals surface area contributed by atoms with Gasteiger partial charge in [0.05, 0.1) is 0 Å². The molecule has 0 unspecified atom stereocenters. The van der Waals surface area contributed by atoms with Crippen LogP contribution in [0, 0.1) is 5.82 Å². The maximum absolute atomic E-state index is 13.5. The van der Waals surface area contributed by atoms with Crippen LogP contribution in [0.15, 0.2) is 54.6 Å². The van der Waals surface area contributed by atoms with Crippen molar-refractivity contribution in [2.24, 2.45) is 0 Å². The molecule has 1 fully saturated rings. The van der Waals surface area contributed by atoms with E-state index < -0.39 is 0 Å². The molecule has 1 aliphatic rings. The second kappa shape index (κ2) is 8.09. The highest BCUT2D eigenvalue weighted by molar-refractivity contribution is 5.23. The second-order valence-corrected chi connectivity index (χ2v) is 5.88. The molecule has 1 saturated heterocycles. The fraction of sp³-hybridized carbons (Fsp3) is 0.368. The Kier molecular flexibility index (Phi) is 5.61. The van der Waals surface area contributed by atoms with Gasteiger partial charge in [-0.15, -0.1) is 0 Å². The number of piperazine rings is 1. The molecule has 2 aromatic rings. The van der Waals surface area contributed by atoms with Crippen molar-refractivity contribution in [1.29, 1.82) is 0 Å². The summed E-state index contributed by atoms with van der Waals surface area (Å²) in [6.07, 6.45) is 0. The molecule has 0 bridgehead atoms. The fourth-order valence-corrected chi connectivity index (χ4v) is 2.86. The molecular weight excluding hydrogens is 291 g/mol. The predicted molar refractivity (Wildman–Crippen MR) is 90.1 cm³/mol. The Balaban J connectivity index is 1.37. The van der Waals surface area contributed by atoms with Crippen molar-refractivity contribution < 1.29 is 9.13 Å². The third kappa shape index (κ3) is 4.78. The van der Waals surface area contributed by atoms with Gasteiger partial charge in [0, 0.05) is 39.3 Å². The zero-order chi connectivity index (χ0) is 15.9. The van der Waals surface area contributed by atoms with Crippen molar-refractivity contribution in [3.63, 3.8) is 0 Å². The first-order chi connectivity index (χ1) is 11.3. The van der Waals surface area contributed by atoms with Crippen LogP contribution < -0.4 is 4.74 Å². The summed E-state index contributed by atoms with van der Waals surface area (Å²) in [6.45, 7) is 6.58. The molecule has 0 amide bonds. The predicted octanol–water partition coefficient (Wildman–Crippen LogP) is 3.02. The SMILES string of the molecule is Fc1ccccc1OCCN1CCN(Cc2ccccc2)CC1. The number of benzene rings is 2. The molecule has 0 spiro atoms. The summed E-state index contributed by atoms with van der Waals surface area (Å²) < 4.78 is 19.0. The largest absolute Gasteiger partial charge is 0.489 e. The van der Waals surface area contributed by atoms with E-state index in [4.69, 9.17) is 4.74 Å². The maximum Gasteiger partial charge on any atom is 0.165 e. The van der Waals surface area contributed by atoms with Gasteiger partial charge in [0.15, 0.2) is 11.6 Å². The number of nitrogens with zero attached hydrogens (tertiary/aromatic N) is 2. The quantitative estimate of drug-likeness (QED) is 0.815. The zero-order valence-electron chi connectivity index (χ0n) is 13.3. The molecule has 0 aromatic heterocycles. The standard InChI is InChI=1S/C19H23FN2O/c20-18-8-4-5-9-19(18)23-15-14-21-10-12-22(13-11-21)16-17-6-2-1-3-7-17/h1-9H,10-16H2. The molecule has 0 radical (unpaired) electrons. The molecule has 1 aliphatic heterocycles. The Bertz CT molecular complexity index is 597. The van der Waals surface area contributed by atoms with Gasteiger partial charge in [-0.2, -0.15) is 0 Å². The van der Waals surface area contributed by atoms with E-state index in [0.29, 0.717) is 12.4 Å². The molecule has 0 saturated carbocycles. The topological polar surface area (TPSA) is 15.7 Å². The highest BCUT2D eigenvalue weighted by Gasteiger charge is 2.16. The van der Waals surface area contributed by atoms with E-state index in [2.05, 4.69) is 40.1 Å². The van der Waals surface area contributed by atoms with Gasteiger partial charge in [0.1, 0.15) is 6.61 Å². The first-order valence-electron chi connectivity index (χ1n) is 8.17. The normalized spacial score (nSPS) is 16.4. The van der Waals surface area contributed by atoms with Gasteiger partial charge in [-0.25, -0.2) is 4.39 Å². The lowest BCUT2D eigenvalue weighted by Gasteiger charge is -2.34. The summed E-state index contributed by atoms with van der Waals surface area (Å²) in [6, 6.07) is 17.2.